The number of amides is 1. The molecular weight excluding hydrogens is 210 g/mol. The molecule has 1 amide bonds. The van der Waals surface area contributed by atoms with Crippen LogP contribution in [0, 0.1) is 0 Å². The number of rotatable bonds is 6. The minimum atomic E-state index is -0.610. The Morgan fingerprint density at radius 3 is 2.88 bits per heavy atom. The van der Waals surface area contributed by atoms with E-state index in [1.165, 1.54) is 12.3 Å². The number of hydrogen-bond donors (Lipinski definition) is 2. The first-order chi connectivity index (χ1) is 7.65. The number of pyridine rings is 1. The number of carbonyl (C=O) groups is 1. The monoisotopic (exact) mass is 225 g/mol. The van der Waals surface area contributed by atoms with Gasteiger partial charge in [-0.25, -0.2) is 4.98 Å². The average Bonchev–Trinajstić information content (AvgIpc) is 2.26. The van der Waals surface area contributed by atoms with Gasteiger partial charge in [0.1, 0.15) is 5.56 Å². The molecule has 1 rings (SSSR count). The lowest BCUT2D eigenvalue weighted by Gasteiger charge is -2.08. The number of primary amides is 1. The van der Waals surface area contributed by atoms with Crippen LogP contribution in [-0.2, 0) is 4.74 Å². The summed E-state index contributed by atoms with van der Waals surface area (Å²) in [5.74, 6) is -0.403. The van der Waals surface area contributed by atoms with Gasteiger partial charge in [0, 0.05) is 20.1 Å². The normalized spacial score (nSPS) is 10.1. The van der Waals surface area contributed by atoms with Gasteiger partial charge in [-0.3, -0.25) is 4.79 Å². The Balaban J connectivity index is 2.67. The van der Waals surface area contributed by atoms with Gasteiger partial charge in [-0.2, -0.15) is 0 Å². The van der Waals surface area contributed by atoms with Crippen LogP contribution in [0.4, 0.5) is 5.69 Å². The average molecular weight is 225 g/mol. The highest BCUT2D eigenvalue weighted by molar-refractivity contribution is 5.95. The third-order valence-electron chi connectivity index (χ3n) is 1.87. The number of anilines is 1. The number of methoxy groups -OCH3 is 1. The summed E-state index contributed by atoms with van der Waals surface area (Å²) in [6, 6.07) is 1.45. The molecular formula is C10H15N3O3. The zero-order valence-corrected chi connectivity index (χ0v) is 9.10. The number of nitrogens with zero attached hydrogens (tertiary/aromatic N) is 1. The second-order valence-electron chi connectivity index (χ2n) is 3.18. The molecule has 1 aromatic heterocycles. The first kappa shape index (κ1) is 12.3. The lowest BCUT2D eigenvalue weighted by Crippen LogP contribution is -2.15. The Kier molecular flexibility index (Phi) is 4.53. The van der Waals surface area contributed by atoms with Gasteiger partial charge >= 0.3 is 0 Å². The van der Waals surface area contributed by atoms with Crippen LogP contribution in [0.2, 0.25) is 0 Å². The Bertz CT molecular complexity index is 368. The molecule has 6 heteroatoms. The van der Waals surface area contributed by atoms with Crippen molar-refractivity contribution < 1.29 is 14.3 Å². The molecule has 0 atom stereocenters. The molecule has 0 aliphatic carbocycles. The van der Waals surface area contributed by atoms with Crippen LogP contribution in [0.5, 0.6) is 5.88 Å². The first-order valence-corrected chi connectivity index (χ1v) is 4.82. The lowest BCUT2D eigenvalue weighted by molar-refractivity contribution is 0.0994. The molecule has 0 radical (unpaired) electrons. The van der Waals surface area contributed by atoms with Crippen molar-refractivity contribution in [3.05, 3.63) is 17.8 Å². The van der Waals surface area contributed by atoms with Crippen molar-refractivity contribution in [2.75, 3.05) is 26.1 Å². The van der Waals surface area contributed by atoms with E-state index in [4.69, 9.17) is 20.9 Å². The lowest BCUT2D eigenvalue weighted by atomic mass is 10.2. The summed E-state index contributed by atoms with van der Waals surface area (Å²) in [5, 5.41) is 0. The third kappa shape index (κ3) is 3.39. The predicted octanol–water partition coefficient (Wildman–Crippen LogP) is 0.178. The Morgan fingerprint density at radius 1 is 1.50 bits per heavy atom. The molecule has 0 saturated heterocycles. The maximum atomic E-state index is 11.1. The molecule has 88 valence electrons. The highest BCUT2D eigenvalue weighted by Crippen LogP contribution is 2.17. The number of carbonyl (C=O) groups excluding carboxylic acids is 1. The quantitative estimate of drug-likeness (QED) is 0.672. The minimum Gasteiger partial charge on any atom is -0.477 e. The van der Waals surface area contributed by atoms with Crippen molar-refractivity contribution in [3.63, 3.8) is 0 Å². The van der Waals surface area contributed by atoms with Crippen LogP contribution in [-0.4, -0.2) is 31.2 Å². The van der Waals surface area contributed by atoms with E-state index in [0.29, 0.717) is 25.3 Å². The van der Waals surface area contributed by atoms with Crippen LogP contribution in [0.1, 0.15) is 16.8 Å². The predicted molar refractivity (Wildman–Crippen MR) is 59.2 cm³/mol. The molecule has 16 heavy (non-hydrogen) atoms. The van der Waals surface area contributed by atoms with Crippen molar-refractivity contribution in [1.29, 1.82) is 0 Å². The van der Waals surface area contributed by atoms with Gasteiger partial charge in [0.2, 0.25) is 5.88 Å². The molecule has 0 aliphatic rings. The number of hydrogen-bond acceptors (Lipinski definition) is 5. The van der Waals surface area contributed by atoms with Crippen LogP contribution < -0.4 is 16.2 Å². The fourth-order valence-corrected chi connectivity index (χ4v) is 1.13. The van der Waals surface area contributed by atoms with Gasteiger partial charge in [0.25, 0.3) is 5.91 Å². The highest BCUT2D eigenvalue weighted by atomic mass is 16.5. The van der Waals surface area contributed by atoms with E-state index in [2.05, 4.69) is 4.98 Å². The maximum absolute atomic E-state index is 11.1. The fraction of sp³-hybridized carbons (Fsp3) is 0.400. The zero-order valence-electron chi connectivity index (χ0n) is 9.10. The maximum Gasteiger partial charge on any atom is 0.254 e. The number of aromatic nitrogens is 1. The molecule has 0 aromatic carbocycles. The van der Waals surface area contributed by atoms with Gasteiger partial charge in [-0.15, -0.1) is 0 Å². The van der Waals surface area contributed by atoms with Crippen molar-refractivity contribution in [2.45, 2.75) is 6.42 Å². The Labute approximate surface area is 93.5 Å². The number of nitrogen functional groups attached to an aromatic ring is 1. The summed E-state index contributed by atoms with van der Waals surface area (Å²) in [6.45, 7) is 0.992. The molecule has 6 nitrogen and oxygen atoms in total. The van der Waals surface area contributed by atoms with E-state index in [-0.39, 0.29) is 11.4 Å². The van der Waals surface area contributed by atoms with Crippen molar-refractivity contribution in [3.8, 4) is 5.88 Å². The Morgan fingerprint density at radius 2 is 2.25 bits per heavy atom. The summed E-state index contributed by atoms with van der Waals surface area (Å²) in [5.41, 5.74) is 11.2. The van der Waals surface area contributed by atoms with E-state index in [0.717, 1.165) is 0 Å². The van der Waals surface area contributed by atoms with Gasteiger partial charge in [-0.05, 0) is 6.07 Å². The smallest absolute Gasteiger partial charge is 0.254 e. The van der Waals surface area contributed by atoms with Crippen molar-refractivity contribution in [1.82, 2.24) is 4.98 Å². The topological polar surface area (TPSA) is 100 Å². The molecule has 0 saturated carbocycles. The zero-order chi connectivity index (χ0) is 12.0. The van der Waals surface area contributed by atoms with Crippen LogP contribution in [0.25, 0.3) is 0 Å². The number of ether oxygens (including phenoxy) is 2. The van der Waals surface area contributed by atoms with Crippen LogP contribution >= 0.6 is 0 Å². The molecule has 0 aliphatic heterocycles. The molecule has 1 heterocycles. The number of nitrogens with two attached hydrogens (primary N) is 2. The van der Waals surface area contributed by atoms with E-state index in [1.807, 2.05) is 0 Å². The molecule has 4 N–H and O–H groups in total. The van der Waals surface area contributed by atoms with Gasteiger partial charge in [0.15, 0.2) is 0 Å². The molecule has 0 spiro atoms. The second kappa shape index (κ2) is 5.92. The molecule has 0 unspecified atom stereocenters. The molecule has 0 bridgehead atoms. The highest BCUT2D eigenvalue weighted by Gasteiger charge is 2.11. The van der Waals surface area contributed by atoms with Crippen molar-refractivity contribution >= 4 is 11.6 Å². The summed E-state index contributed by atoms with van der Waals surface area (Å²) in [4.78, 5) is 15.0. The second-order valence-corrected chi connectivity index (χ2v) is 3.18. The third-order valence-corrected chi connectivity index (χ3v) is 1.87. The summed E-state index contributed by atoms with van der Waals surface area (Å²) >= 11 is 0. The molecule has 1 aromatic rings. The molecule has 0 fully saturated rings. The van der Waals surface area contributed by atoms with E-state index >= 15 is 0 Å². The summed E-state index contributed by atoms with van der Waals surface area (Å²) in [6.07, 6.45) is 2.12. The fourth-order valence-electron chi connectivity index (χ4n) is 1.13. The van der Waals surface area contributed by atoms with Gasteiger partial charge in [0.05, 0.1) is 18.5 Å². The van der Waals surface area contributed by atoms with Gasteiger partial charge in [-0.1, -0.05) is 0 Å². The largest absolute Gasteiger partial charge is 0.477 e. The Hall–Kier alpha value is -1.82. The van der Waals surface area contributed by atoms with Crippen LogP contribution in [0.3, 0.4) is 0 Å². The van der Waals surface area contributed by atoms with Crippen LogP contribution in [0.15, 0.2) is 12.3 Å². The standard InChI is InChI=1S/C10H15N3O3/c1-15-3-2-4-16-10-8(9(12)14)5-7(11)6-13-10/h5-6H,2-4,11H2,1H3,(H2,12,14). The van der Waals surface area contributed by atoms with E-state index in [9.17, 15) is 4.79 Å². The SMILES string of the molecule is COCCCOc1ncc(N)cc1C(N)=O. The summed E-state index contributed by atoms with van der Waals surface area (Å²) < 4.78 is 10.2. The summed E-state index contributed by atoms with van der Waals surface area (Å²) in [7, 11) is 1.61. The minimum absolute atomic E-state index is 0.192. The van der Waals surface area contributed by atoms with Gasteiger partial charge < -0.3 is 20.9 Å². The van der Waals surface area contributed by atoms with Crippen molar-refractivity contribution in [2.24, 2.45) is 5.73 Å². The van der Waals surface area contributed by atoms with E-state index in [1.54, 1.807) is 7.11 Å². The van der Waals surface area contributed by atoms with E-state index < -0.39 is 5.91 Å². The first-order valence-electron chi connectivity index (χ1n) is 4.82.